The van der Waals surface area contributed by atoms with Gasteiger partial charge in [-0.1, -0.05) is 12.8 Å². The molecule has 15 heavy (non-hydrogen) atoms. The molecule has 0 spiro atoms. The zero-order valence-corrected chi connectivity index (χ0v) is 8.98. The van der Waals surface area contributed by atoms with Crippen molar-refractivity contribution in [3.8, 4) is 0 Å². The van der Waals surface area contributed by atoms with E-state index in [0.29, 0.717) is 11.8 Å². The lowest BCUT2D eigenvalue weighted by Crippen LogP contribution is -2.13. The van der Waals surface area contributed by atoms with Crippen LogP contribution < -0.4 is 0 Å². The van der Waals surface area contributed by atoms with Crippen molar-refractivity contribution in [2.24, 2.45) is 11.8 Å². The number of aromatic nitrogens is 2. The topological polar surface area (TPSA) is 46.0 Å². The maximum atomic E-state index is 10.5. The van der Waals surface area contributed by atoms with E-state index in [-0.39, 0.29) is 0 Å². The van der Waals surface area contributed by atoms with Gasteiger partial charge in [0.1, 0.15) is 5.60 Å². The lowest BCUT2D eigenvalue weighted by atomic mass is 10.0. The van der Waals surface area contributed by atoms with Gasteiger partial charge in [0, 0.05) is 6.20 Å². The number of aliphatic hydroxyl groups is 1. The second-order valence-electron chi connectivity index (χ2n) is 4.87. The molecule has 2 unspecified atom stereocenters. The Labute approximate surface area is 89.6 Å². The van der Waals surface area contributed by atoms with Crippen LogP contribution in [0.2, 0.25) is 0 Å². The van der Waals surface area contributed by atoms with Crippen molar-refractivity contribution in [1.29, 1.82) is 0 Å². The Bertz CT molecular complexity index is 362. The second kappa shape index (κ2) is 3.01. The predicted molar refractivity (Wildman–Crippen MR) is 56.1 cm³/mol. The Balaban J connectivity index is 1.91. The summed E-state index contributed by atoms with van der Waals surface area (Å²) >= 11 is 0. The van der Waals surface area contributed by atoms with Gasteiger partial charge in [-0.3, -0.25) is 9.97 Å². The fourth-order valence-electron chi connectivity index (χ4n) is 3.07. The number of rotatable bonds is 1. The van der Waals surface area contributed by atoms with Gasteiger partial charge in [0.2, 0.25) is 0 Å². The highest BCUT2D eigenvalue weighted by atomic mass is 16.3. The Kier molecular flexibility index (Phi) is 1.87. The van der Waals surface area contributed by atoms with E-state index in [9.17, 15) is 5.11 Å². The quantitative estimate of drug-likeness (QED) is 0.758. The first-order valence-corrected chi connectivity index (χ1v) is 5.74. The zero-order chi connectivity index (χ0) is 10.5. The maximum absolute atomic E-state index is 10.5. The normalized spacial score (nSPS) is 38.5. The Morgan fingerprint density at radius 1 is 1.20 bits per heavy atom. The first-order valence-electron chi connectivity index (χ1n) is 5.74. The molecule has 3 heteroatoms. The van der Waals surface area contributed by atoms with Crippen molar-refractivity contribution in [3.05, 3.63) is 23.8 Å². The van der Waals surface area contributed by atoms with Crippen LogP contribution in [0, 0.1) is 18.8 Å². The summed E-state index contributed by atoms with van der Waals surface area (Å²) in [6.07, 6.45) is 8.30. The Hall–Kier alpha value is -0.960. The molecule has 2 saturated carbocycles. The summed E-state index contributed by atoms with van der Waals surface area (Å²) < 4.78 is 0. The molecule has 0 aliphatic heterocycles. The summed E-state index contributed by atoms with van der Waals surface area (Å²) in [4.78, 5) is 8.54. The Morgan fingerprint density at radius 2 is 1.87 bits per heavy atom. The molecule has 0 saturated heterocycles. The third kappa shape index (κ3) is 1.22. The highest BCUT2D eigenvalue weighted by molar-refractivity contribution is 5.25. The molecule has 1 N–H and O–H groups in total. The average Bonchev–Trinajstić information content (AvgIpc) is 2.88. The highest BCUT2D eigenvalue weighted by Gasteiger charge is 2.65. The molecular weight excluding hydrogens is 188 g/mol. The van der Waals surface area contributed by atoms with E-state index >= 15 is 0 Å². The van der Waals surface area contributed by atoms with Crippen LogP contribution in [0.5, 0.6) is 0 Å². The second-order valence-corrected chi connectivity index (χ2v) is 4.87. The lowest BCUT2D eigenvalue weighted by Gasteiger charge is -2.09. The van der Waals surface area contributed by atoms with Crippen LogP contribution in [0.4, 0.5) is 0 Å². The largest absolute Gasteiger partial charge is 0.383 e. The molecule has 2 fully saturated rings. The van der Waals surface area contributed by atoms with Gasteiger partial charge in [0.25, 0.3) is 0 Å². The predicted octanol–water partition coefficient (Wildman–Crippen LogP) is 1.79. The molecule has 1 aromatic rings. The van der Waals surface area contributed by atoms with Crippen molar-refractivity contribution in [2.75, 3.05) is 0 Å². The third-order valence-corrected chi connectivity index (χ3v) is 3.98. The fraction of sp³-hybridized carbons (Fsp3) is 0.667. The lowest BCUT2D eigenvalue weighted by molar-refractivity contribution is 0.112. The van der Waals surface area contributed by atoms with Gasteiger partial charge >= 0.3 is 0 Å². The van der Waals surface area contributed by atoms with E-state index in [1.54, 1.807) is 12.4 Å². The molecule has 2 atom stereocenters. The number of aryl methyl sites for hydroxylation is 1. The third-order valence-electron chi connectivity index (χ3n) is 3.98. The summed E-state index contributed by atoms with van der Waals surface area (Å²) in [5, 5.41) is 10.5. The first kappa shape index (κ1) is 9.28. The van der Waals surface area contributed by atoms with Crippen molar-refractivity contribution in [2.45, 2.75) is 38.2 Å². The van der Waals surface area contributed by atoms with Gasteiger partial charge in [-0.25, -0.2) is 0 Å². The van der Waals surface area contributed by atoms with Crippen molar-refractivity contribution in [1.82, 2.24) is 9.97 Å². The van der Waals surface area contributed by atoms with Gasteiger partial charge in [-0.2, -0.15) is 0 Å². The zero-order valence-electron chi connectivity index (χ0n) is 8.98. The molecule has 3 rings (SSSR count). The van der Waals surface area contributed by atoms with Crippen LogP contribution in [0.3, 0.4) is 0 Å². The standard InChI is InChI=1S/C12H16N2O/c1-8-6-14-11(7-13-8)12(15)9-4-2-3-5-10(9)12/h6-7,9-10,15H,2-5H2,1H3. The van der Waals surface area contributed by atoms with E-state index in [2.05, 4.69) is 9.97 Å². The number of nitrogens with zero attached hydrogens (tertiary/aromatic N) is 2. The van der Waals surface area contributed by atoms with Crippen molar-refractivity contribution >= 4 is 0 Å². The van der Waals surface area contributed by atoms with Crippen LogP contribution >= 0.6 is 0 Å². The minimum Gasteiger partial charge on any atom is -0.383 e. The summed E-state index contributed by atoms with van der Waals surface area (Å²) in [5.74, 6) is 0.895. The van der Waals surface area contributed by atoms with E-state index in [0.717, 1.165) is 24.2 Å². The van der Waals surface area contributed by atoms with Gasteiger partial charge in [0.15, 0.2) is 0 Å². The van der Waals surface area contributed by atoms with Crippen molar-refractivity contribution < 1.29 is 5.11 Å². The number of fused-ring (bicyclic) bond motifs is 1. The molecule has 0 aromatic carbocycles. The van der Waals surface area contributed by atoms with E-state index in [4.69, 9.17) is 0 Å². The van der Waals surface area contributed by atoms with Crippen molar-refractivity contribution in [3.63, 3.8) is 0 Å². The molecule has 2 aliphatic carbocycles. The summed E-state index contributed by atoms with van der Waals surface area (Å²) in [5.41, 5.74) is 1.05. The molecule has 1 heterocycles. The van der Waals surface area contributed by atoms with E-state index in [1.165, 1.54) is 12.8 Å². The Morgan fingerprint density at radius 3 is 2.40 bits per heavy atom. The number of hydrogen-bond acceptors (Lipinski definition) is 3. The van der Waals surface area contributed by atoms with Crippen LogP contribution in [0.25, 0.3) is 0 Å². The highest BCUT2D eigenvalue weighted by Crippen LogP contribution is 2.63. The maximum Gasteiger partial charge on any atom is 0.114 e. The van der Waals surface area contributed by atoms with Gasteiger partial charge in [-0.15, -0.1) is 0 Å². The molecule has 3 nitrogen and oxygen atoms in total. The smallest absolute Gasteiger partial charge is 0.114 e. The molecular formula is C12H16N2O. The molecule has 0 radical (unpaired) electrons. The first-order chi connectivity index (χ1) is 7.23. The van der Waals surface area contributed by atoms with Gasteiger partial charge in [-0.05, 0) is 31.6 Å². The molecule has 0 bridgehead atoms. The molecule has 2 aliphatic rings. The van der Waals surface area contributed by atoms with Gasteiger partial charge < -0.3 is 5.11 Å². The summed E-state index contributed by atoms with van der Waals surface area (Å²) in [6.45, 7) is 1.92. The van der Waals surface area contributed by atoms with Crippen LogP contribution in [0.1, 0.15) is 37.1 Å². The molecule has 1 aromatic heterocycles. The number of hydrogen-bond donors (Lipinski definition) is 1. The van der Waals surface area contributed by atoms with E-state index in [1.807, 2.05) is 6.92 Å². The van der Waals surface area contributed by atoms with Gasteiger partial charge in [0.05, 0.1) is 17.6 Å². The summed E-state index contributed by atoms with van der Waals surface area (Å²) in [6, 6.07) is 0. The van der Waals surface area contributed by atoms with Crippen LogP contribution in [0.15, 0.2) is 12.4 Å². The molecule has 0 amide bonds. The SMILES string of the molecule is Cc1cnc(C2(O)C3CCCCC32)cn1. The fourth-order valence-corrected chi connectivity index (χ4v) is 3.07. The average molecular weight is 204 g/mol. The minimum absolute atomic E-state index is 0.447. The monoisotopic (exact) mass is 204 g/mol. The summed E-state index contributed by atoms with van der Waals surface area (Å²) in [7, 11) is 0. The van der Waals surface area contributed by atoms with E-state index < -0.39 is 5.60 Å². The minimum atomic E-state index is -0.642. The van der Waals surface area contributed by atoms with Crippen LogP contribution in [-0.2, 0) is 5.60 Å². The van der Waals surface area contributed by atoms with Crippen LogP contribution in [-0.4, -0.2) is 15.1 Å². The molecule has 80 valence electrons.